The molecule has 148 valence electrons. The van der Waals surface area contributed by atoms with Crippen molar-refractivity contribution in [3.63, 3.8) is 0 Å². The minimum Gasteiger partial charge on any atom is -0.444 e. The standard InChI is InChI=1S/C19H19BrF2N4O2/c1-19(2,3)28-18(27)25-14(6-10-4-11(21)7-12(22)5-10)16-13(20)8-15-17(26-16)24-9-23-15/h4-5,7-9,14H,6H2,1-3H3,(H,25,27)(H,23,24,26). The fraction of sp³-hybridized carbons (Fsp3) is 0.316. The van der Waals surface area contributed by atoms with E-state index in [1.807, 2.05) is 0 Å². The van der Waals surface area contributed by atoms with Crippen molar-refractivity contribution in [3.8, 4) is 0 Å². The third-order valence-corrected chi connectivity index (χ3v) is 4.41. The number of hydrogen-bond acceptors (Lipinski definition) is 4. The number of amides is 1. The molecule has 1 amide bonds. The summed E-state index contributed by atoms with van der Waals surface area (Å²) in [6.45, 7) is 5.23. The first-order chi connectivity index (χ1) is 13.1. The highest BCUT2D eigenvalue weighted by atomic mass is 79.9. The number of imidazole rings is 1. The van der Waals surface area contributed by atoms with Gasteiger partial charge in [-0.05, 0) is 66.9 Å². The molecule has 6 nitrogen and oxygen atoms in total. The van der Waals surface area contributed by atoms with Crippen LogP contribution in [0, 0.1) is 11.6 Å². The quantitative estimate of drug-likeness (QED) is 0.595. The van der Waals surface area contributed by atoms with Crippen LogP contribution in [-0.2, 0) is 11.2 Å². The van der Waals surface area contributed by atoms with E-state index < -0.39 is 29.4 Å². The zero-order valence-corrected chi connectivity index (χ0v) is 17.1. The number of fused-ring (bicyclic) bond motifs is 1. The SMILES string of the molecule is CC(C)(C)OC(=O)NC(Cc1cc(F)cc(F)c1)c1nc2nc[nH]c2cc1Br. The number of aromatic amines is 1. The van der Waals surface area contributed by atoms with Gasteiger partial charge in [-0.15, -0.1) is 0 Å². The summed E-state index contributed by atoms with van der Waals surface area (Å²) in [6.07, 6.45) is 0.951. The summed E-state index contributed by atoms with van der Waals surface area (Å²) in [4.78, 5) is 23.9. The monoisotopic (exact) mass is 452 g/mol. The van der Waals surface area contributed by atoms with Crippen LogP contribution in [-0.4, -0.2) is 26.6 Å². The Morgan fingerprint density at radius 3 is 2.57 bits per heavy atom. The molecule has 0 radical (unpaired) electrons. The molecular weight excluding hydrogens is 434 g/mol. The lowest BCUT2D eigenvalue weighted by molar-refractivity contribution is 0.0502. The first-order valence-corrected chi connectivity index (χ1v) is 9.34. The third kappa shape index (κ3) is 5.03. The lowest BCUT2D eigenvalue weighted by Gasteiger charge is -2.24. The van der Waals surface area contributed by atoms with E-state index in [0.29, 0.717) is 26.9 Å². The van der Waals surface area contributed by atoms with Crippen LogP contribution in [0.1, 0.15) is 38.1 Å². The zero-order valence-electron chi connectivity index (χ0n) is 15.5. The number of carbonyl (C=O) groups excluding carboxylic acids is 1. The Balaban J connectivity index is 1.97. The van der Waals surface area contributed by atoms with Crippen molar-refractivity contribution >= 4 is 33.2 Å². The van der Waals surface area contributed by atoms with Gasteiger partial charge in [-0.25, -0.2) is 23.5 Å². The molecular formula is C19H19BrF2N4O2. The second-order valence-corrected chi connectivity index (χ2v) is 8.16. The largest absolute Gasteiger partial charge is 0.444 e. The number of rotatable bonds is 4. The second kappa shape index (κ2) is 7.83. The molecule has 0 fully saturated rings. The molecule has 0 aliphatic rings. The van der Waals surface area contributed by atoms with Crippen LogP contribution in [0.5, 0.6) is 0 Å². The molecule has 1 aromatic carbocycles. The van der Waals surface area contributed by atoms with Gasteiger partial charge in [0.2, 0.25) is 0 Å². The van der Waals surface area contributed by atoms with Crippen LogP contribution in [0.4, 0.5) is 13.6 Å². The van der Waals surface area contributed by atoms with Crippen molar-refractivity contribution in [1.29, 1.82) is 0 Å². The Morgan fingerprint density at radius 2 is 1.93 bits per heavy atom. The van der Waals surface area contributed by atoms with Crippen LogP contribution in [0.15, 0.2) is 35.1 Å². The number of alkyl carbamates (subject to hydrolysis) is 1. The molecule has 0 aliphatic carbocycles. The van der Waals surface area contributed by atoms with Gasteiger partial charge in [0, 0.05) is 10.5 Å². The predicted octanol–water partition coefficient (Wildman–Crippen LogP) is 4.81. The molecule has 0 aliphatic heterocycles. The fourth-order valence-electron chi connectivity index (χ4n) is 2.74. The number of pyridine rings is 1. The molecule has 2 aromatic heterocycles. The van der Waals surface area contributed by atoms with E-state index in [2.05, 4.69) is 36.2 Å². The van der Waals surface area contributed by atoms with Gasteiger partial charge in [0.15, 0.2) is 5.65 Å². The summed E-state index contributed by atoms with van der Waals surface area (Å²) in [5, 5.41) is 2.74. The number of H-pyrrole nitrogens is 1. The zero-order chi connectivity index (χ0) is 20.5. The van der Waals surface area contributed by atoms with Crippen molar-refractivity contribution in [1.82, 2.24) is 20.3 Å². The Bertz CT molecular complexity index is 997. The number of carbonyl (C=O) groups is 1. The van der Waals surface area contributed by atoms with Gasteiger partial charge in [-0.3, -0.25) is 0 Å². The van der Waals surface area contributed by atoms with Crippen LogP contribution >= 0.6 is 15.9 Å². The molecule has 0 saturated carbocycles. The Labute approximate surface area is 168 Å². The first-order valence-electron chi connectivity index (χ1n) is 8.55. The van der Waals surface area contributed by atoms with Crippen molar-refractivity contribution in [2.45, 2.75) is 38.8 Å². The molecule has 0 saturated heterocycles. The van der Waals surface area contributed by atoms with Crippen molar-refractivity contribution in [2.24, 2.45) is 0 Å². The highest BCUT2D eigenvalue weighted by Crippen LogP contribution is 2.28. The Hall–Kier alpha value is -2.55. The van der Waals surface area contributed by atoms with E-state index in [9.17, 15) is 13.6 Å². The number of benzene rings is 1. The molecule has 2 heterocycles. The number of nitrogens with one attached hydrogen (secondary N) is 2. The van der Waals surface area contributed by atoms with E-state index in [4.69, 9.17) is 4.74 Å². The lowest BCUT2D eigenvalue weighted by atomic mass is 10.0. The summed E-state index contributed by atoms with van der Waals surface area (Å²) >= 11 is 3.45. The molecule has 1 atom stereocenters. The average Bonchev–Trinajstić information content (AvgIpc) is 2.97. The molecule has 0 bridgehead atoms. The van der Waals surface area contributed by atoms with E-state index in [0.717, 1.165) is 6.07 Å². The van der Waals surface area contributed by atoms with Gasteiger partial charge >= 0.3 is 6.09 Å². The third-order valence-electron chi connectivity index (χ3n) is 3.77. The molecule has 3 aromatic rings. The van der Waals surface area contributed by atoms with Crippen molar-refractivity contribution < 1.29 is 18.3 Å². The smallest absolute Gasteiger partial charge is 0.408 e. The van der Waals surface area contributed by atoms with Gasteiger partial charge in [-0.1, -0.05) is 0 Å². The average molecular weight is 453 g/mol. The van der Waals surface area contributed by atoms with Crippen LogP contribution < -0.4 is 5.32 Å². The molecule has 1 unspecified atom stereocenters. The maximum absolute atomic E-state index is 13.6. The van der Waals surface area contributed by atoms with E-state index in [1.54, 1.807) is 26.8 Å². The van der Waals surface area contributed by atoms with E-state index >= 15 is 0 Å². The van der Waals surface area contributed by atoms with Gasteiger partial charge in [0.1, 0.15) is 17.2 Å². The second-order valence-electron chi connectivity index (χ2n) is 7.31. The normalized spacial score (nSPS) is 12.8. The lowest BCUT2D eigenvalue weighted by Crippen LogP contribution is -2.36. The number of nitrogens with zero attached hydrogens (tertiary/aromatic N) is 2. The maximum atomic E-state index is 13.6. The van der Waals surface area contributed by atoms with Gasteiger partial charge in [0.05, 0.1) is 23.6 Å². The van der Waals surface area contributed by atoms with Gasteiger partial charge in [-0.2, -0.15) is 0 Å². The van der Waals surface area contributed by atoms with Crippen LogP contribution in [0.3, 0.4) is 0 Å². The topological polar surface area (TPSA) is 79.9 Å². The molecule has 3 rings (SSSR count). The van der Waals surface area contributed by atoms with Crippen molar-refractivity contribution in [2.75, 3.05) is 0 Å². The number of halogens is 3. The first kappa shape index (κ1) is 20.2. The van der Waals surface area contributed by atoms with Gasteiger partial charge < -0.3 is 15.0 Å². The van der Waals surface area contributed by atoms with Crippen LogP contribution in [0.25, 0.3) is 11.2 Å². The highest BCUT2D eigenvalue weighted by Gasteiger charge is 2.24. The van der Waals surface area contributed by atoms with E-state index in [-0.39, 0.29) is 6.42 Å². The minimum absolute atomic E-state index is 0.107. The number of ether oxygens (including phenoxy) is 1. The van der Waals surface area contributed by atoms with Crippen molar-refractivity contribution in [3.05, 3.63) is 58.0 Å². The summed E-state index contributed by atoms with van der Waals surface area (Å²) in [5.74, 6) is -1.39. The fourth-order valence-corrected chi connectivity index (χ4v) is 3.33. The van der Waals surface area contributed by atoms with Crippen LogP contribution in [0.2, 0.25) is 0 Å². The summed E-state index contributed by atoms with van der Waals surface area (Å²) in [5.41, 5.74) is 1.31. The van der Waals surface area contributed by atoms with E-state index in [1.165, 1.54) is 18.5 Å². The predicted molar refractivity (Wildman–Crippen MR) is 104 cm³/mol. The maximum Gasteiger partial charge on any atom is 0.408 e. The molecule has 9 heteroatoms. The summed E-state index contributed by atoms with van der Waals surface area (Å²) in [6, 6.07) is 4.30. The summed E-state index contributed by atoms with van der Waals surface area (Å²) in [7, 11) is 0. The molecule has 0 spiro atoms. The molecule has 2 N–H and O–H groups in total. The highest BCUT2D eigenvalue weighted by molar-refractivity contribution is 9.10. The summed E-state index contributed by atoms with van der Waals surface area (Å²) < 4.78 is 33.2. The van der Waals surface area contributed by atoms with Gasteiger partial charge in [0.25, 0.3) is 0 Å². The Kier molecular flexibility index (Phi) is 5.64. The minimum atomic E-state index is -0.702. The Morgan fingerprint density at radius 1 is 1.25 bits per heavy atom. The molecule has 28 heavy (non-hydrogen) atoms. The number of hydrogen-bond donors (Lipinski definition) is 2. The number of aromatic nitrogens is 3.